The van der Waals surface area contributed by atoms with Gasteiger partial charge in [0.1, 0.15) is 69.5 Å². The molecule has 4 amide bonds. The molecule has 22 nitrogen and oxygen atoms in total. The van der Waals surface area contributed by atoms with Crippen LogP contribution in [0.2, 0.25) is 0 Å². The number of aliphatic hydroxyl groups excluding tert-OH is 2. The van der Waals surface area contributed by atoms with Gasteiger partial charge in [0.25, 0.3) is 0 Å². The van der Waals surface area contributed by atoms with Crippen LogP contribution >= 0.6 is 0 Å². The molecule has 2 N–H and O–H groups in total. The Morgan fingerprint density at radius 1 is 0.333 bits per heavy atom. The third-order valence-corrected chi connectivity index (χ3v) is 33.8. The molecule has 12 aliphatic heterocycles. The van der Waals surface area contributed by atoms with Crippen LogP contribution in [0.15, 0.2) is 170 Å². The van der Waals surface area contributed by atoms with Gasteiger partial charge < -0.3 is 86.7 Å². The maximum absolute atomic E-state index is 14.0. The SMILES string of the molecule is CC(C)(C)[C@@H]1OC[C@]2([C@@H](O)[C@@H]3C=CCCC3)N1C(=O)[C@@H]1CC(OCc3ccccc3)O[C@@]12C.CC(C)(C)[C@@H]1OC[C@]2([C@H](O)[C@@H]3C=CCCC3)N1C(=O)[C@@H]1CC(OCc3ccccc3)O[C@@]12C.C[C@@H]([C@@H]1C=CCCC1)[C@@]12CO[C@@H](C(C)(C)C)N1C(=O)[C@@H]1CC(OCc3ccccc3)O[C@@]12C.C[C@H]([C@@H]1C=CCCC1)[C@@]12CO[C@@H](C(C)(C)C)N1C(=O)[C@@H]1CC(OCc3ccccc3)O[C@@]12C. The molecule has 28 atom stereocenters. The van der Waals surface area contributed by atoms with Crippen LogP contribution in [0, 0.1) is 80.8 Å². The molecule has 12 heterocycles. The number of carbonyl (C=O) groups is 4. The van der Waals surface area contributed by atoms with E-state index in [-0.39, 0.29) is 131 Å². The number of aliphatic hydroxyl groups is 2. The first kappa shape index (κ1) is 96.8. The zero-order valence-corrected chi connectivity index (χ0v) is 81.9. The second-order valence-corrected chi connectivity index (χ2v) is 46.2. The first-order chi connectivity index (χ1) is 62.7. The molecule has 4 aliphatic carbocycles. The third kappa shape index (κ3) is 16.6. The summed E-state index contributed by atoms with van der Waals surface area (Å²) in [6.07, 6.45) is 28.4. The fourth-order valence-corrected chi connectivity index (χ4v) is 26.7. The van der Waals surface area contributed by atoms with Crippen LogP contribution in [-0.2, 0) is 102 Å². The summed E-state index contributed by atoms with van der Waals surface area (Å²) in [7, 11) is 0. The van der Waals surface area contributed by atoms with Gasteiger partial charge in [-0.15, -0.1) is 0 Å². The third-order valence-electron chi connectivity index (χ3n) is 33.8. The maximum atomic E-state index is 14.0. The molecule has 12 fully saturated rings. The molecule has 0 spiro atoms. The van der Waals surface area contributed by atoms with Crippen molar-refractivity contribution >= 4 is 23.6 Å². The molecule has 0 aromatic heterocycles. The van der Waals surface area contributed by atoms with Crippen molar-refractivity contribution < 1.29 is 86.2 Å². The van der Waals surface area contributed by atoms with Gasteiger partial charge in [-0.05, 0) is 151 Å². The topological polar surface area (TPSA) is 232 Å². The zero-order valence-electron chi connectivity index (χ0n) is 81.9. The Morgan fingerprint density at radius 2 is 0.545 bits per heavy atom. The molecule has 20 rings (SSSR count). The number of hydrogen-bond donors (Lipinski definition) is 2. The number of carbonyl (C=O) groups excluding carboxylic acids is 4. The van der Waals surface area contributed by atoms with Gasteiger partial charge in [-0.2, -0.15) is 0 Å². The van der Waals surface area contributed by atoms with Gasteiger partial charge in [-0.3, -0.25) is 19.2 Å². The molecule has 720 valence electrons. The molecule has 16 aliphatic rings. The summed E-state index contributed by atoms with van der Waals surface area (Å²) in [5.74, 6) is 0.465. The van der Waals surface area contributed by atoms with Gasteiger partial charge in [0.05, 0.1) is 88.7 Å². The standard InChI is InChI=1S/2C28H39NO4.2C27H37NO5/c2*1-19(21-14-10-7-11-15-21)28-18-32-25(26(2,3)4)29(28)24(30)22-16-23(33-27(22,28)5)31-17-20-12-8-6-9-13-20;2*1-25(2,3)24-28-23(30)20-15-21(31-16-18-11-7-5-8-12-18)33-26(20,4)27(28,17-32-24)22(29)19-13-9-6-10-14-19/h2*6,8-10,12-14,19,21-23,25H,7,11,15-18H2,1-5H3;2*5,7-9,11-13,19-22,24,29H,6,10,14-17H2,1-4H3/t19-,21+,22-,23?,25-,27-,28+;19-,21-,22+,23?,25+,27+,28-;19-,20+,21?,22+,24+,26+,27-;19-,20+,21?,22-,24+,26+,27-/m0111/s1. The van der Waals surface area contributed by atoms with Crippen LogP contribution in [0.1, 0.15) is 250 Å². The van der Waals surface area contributed by atoms with Gasteiger partial charge in [0.2, 0.25) is 23.6 Å². The molecular weight excluding hydrogens is 1670 g/mol. The van der Waals surface area contributed by atoms with Gasteiger partial charge in [-0.1, -0.05) is 267 Å². The number of nitrogens with zero attached hydrogens (tertiary/aromatic N) is 4. The van der Waals surface area contributed by atoms with Crippen molar-refractivity contribution in [2.75, 3.05) is 26.4 Å². The van der Waals surface area contributed by atoms with E-state index in [0.717, 1.165) is 86.5 Å². The van der Waals surface area contributed by atoms with Crippen molar-refractivity contribution in [3.05, 3.63) is 192 Å². The summed E-state index contributed by atoms with van der Waals surface area (Å²) in [5.41, 5.74) is -2.48. The minimum Gasteiger partial charge on any atom is -0.390 e. The van der Waals surface area contributed by atoms with Crippen LogP contribution in [-0.4, -0.2) is 187 Å². The summed E-state index contributed by atoms with van der Waals surface area (Å²) >= 11 is 0. The number of rotatable bonds is 20. The molecule has 0 bridgehead atoms. The number of allylic oxidation sites excluding steroid dienone is 6. The average molecular weight is 1820 g/mol. The predicted octanol–water partition coefficient (Wildman–Crippen LogP) is 18.7. The summed E-state index contributed by atoms with van der Waals surface area (Å²) in [4.78, 5) is 63.9. The Morgan fingerprint density at radius 3 is 0.765 bits per heavy atom. The first-order valence-corrected chi connectivity index (χ1v) is 49.9. The Balaban J connectivity index is 0.000000123. The Labute approximate surface area is 785 Å². The summed E-state index contributed by atoms with van der Waals surface area (Å²) in [6.45, 7) is 41.8. The first-order valence-electron chi connectivity index (χ1n) is 49.9. The van der Waals surface area contributed by atoms with Crippen molar-refractivity contribution in [2.45, 2.75) is 361 Å². The van der Waals surface area contributed by atoms with Crippen molar-refractivity contribution in [1.82, 2.24) is 19.6 Å². The minimum atomic E-state index is -0.941. The van der Waals surface area contributed by atoms with E-state index in [0.29, 0.717) is 77.2 Å². The van der Waals surface area contributed by atoms with Gasteiger partial charge >= 0.3 is 0 Å². The summed E-state index contributed by atoms with van der Waals surface area (Å²) in [6, 6.07) is 40.3. The highest BCUT2D eigenvalue weighted by atomic mass is 16.7. The quantitative estimate of drug-likeness (QED) is 0.0783. The lowest BCUT2D eigenvalue weighted by atomic mass is 9.65. The lowest BCUT2D eigenvalue weighted by Gasteiger charge is -2.50. The van der Waals surface area contributed by atoms with Crippen LogP contribution < -0.4 is 0 Å². The highest BCUT2D eigenvalue weighted by Crippen LogP contribution is 2.67. The molecule has 4 unspecified atom stereocenters. The van der Waals surface area contributed by atoms with Crippen LogP contribution in [0.5, 0.6) is 0 Å². The van der Waals surface area contributed by atoms with E-state index in [1.54, 1.807) is 0 Å². The average Bonchev–Trinajstić information content (AvgIpc) is 1.52. The smallest absolute Gasteiger partial charge is 0.231 e. The fourth-order valence-electron chi connectivity index (χ4n) is 26.7. The van der Waals surface area contributed by atoms with E-state index in [4.69, 9.17) is 56.8 Å². The van der Waals surface area contributed by atoms with Gasteiger partial charge in [0, 0.05) is 59.2 Å². The van der Waals surface area contributed by atoms with E-state index in [9.17, 15) is 29.4 Å². The summed E-state index contributed by atoms with van der Waals surface area (Å²) in [5, 5.41) is 23.8. The molecular formula is C110H152N4O18. The monoisotopic (exact) mass is 1820 g/mol. The number of amides is 4. The number of hydrogen-bond acceptors (Lipinski definition) is 18. The molecule has 0 radical (unpaired) electrons. The van der Waals surface area contributed by atoms with Crippen LogP contribution in [0.3, 0.4) is 0 Å². The normalized spacial score (nSPS) is 39.1. The second-order valence-electron chi connectivity index (χ2n) is 46.2. The van der Waals surface area contributed by atoms with Crippen LogP contribution in [0.4, 0.5) is 0 Å². The Bertz CT molecular complexity index is 4240. The van der Waals surface area contributed by atoms with E-state index < -0.39 is 81.8 Å². The largest absolute Gasteiger partial charge is 0.390 e. The zero-order chi connectivity index (χ0) is 93.7. The molecule has 12 saturated heterocycles. The summed E-state index contributed by atoms with van der Waals surface area (Å²) < 4.78 is 77.0. The number of benzene rings is 4. The lowest BCUT2D eigenvalue weighted by Crippen LogP contribution is -2.67. The molecule has 22 heteroatoms. The maximum Gasteiger partial charge on any atom is 0.231 e. The van der Waals surface area contributed by atoms with Gasteiger partial charge in [-0.25, -0.2) is 0 Å². The Hall–Kier alpha value is -6.84. The van der Waals surface area contributed by atoms with Gasteiger partial charge in [0.15, 0.2) is 25.2 Å². The van der Waals surface area contributed by atoms with Crippen molar-refractivity contribution in [2.24, 2.45) is 80.8 Å². The van der Waals surface area contributed by atoms with Crippen molar-refractivity contribution in [1.29, 1.82) is 0 Å². The fraction of sp³-hybridized carbons (Fsp3) is 0.673. The van der Waals surface area contributed by atoms with E-state index >= 15 is 0 Å². The highest BCUT2D eigenvalue weighted by molar-refractivity contribution is 5.89. The molecule has 132 heavy (non-hydrogen) atoms. The van der Waals surface area contributed by atoms with Crippen molar-refractivity contribution in [3.8, 4) is 0 Å². The lowest BCUT2D eigenvalue weighted by molar-refractivity contribution is -0.216. The number of ether oxygens (including phenoxy) is 12. The number of fused-ring (bicyclic) bond motifs is 12. The minimum absolute atomic E-state index is 0.0135. The molecule has 4 aromatic carbocycles. The molecule has 4 aromatic rings. The highest BCUT2D eigenvalue weighted by Gasteiger charge is 2.82. The predicted molar refractivity (Wildman–Crippen MR) is 502 cm³/mol. The van der Waals surface area contributed by atoms with E-state index in [1.165, 1.54) is 12.8 Å². The van der Waals surface area contributed by atoms with Crippen LogP contribution in [0.25, 0.3) is 0 Å². The second kappa shape index (κ2) is 37.1. The Kier molecular flexibility index (Phi) is 27.3. The molecule has 0 saturated carbocycles. The van der Waals surface area contributed by atoms with E-state index in [1.807, 2.05) is 121 Å². The van der Waals surface area contributed by atoms with E-state index in [2.05, 4.69) is 193 Å². The van der Waals surface area contributed by atoms with Crippen molar-refractivity contribution in [3.63, 3.8) is 0 Å².